The molecule has 0 radical (unpaired) electrons. The number of nitrogens with two attached hydrogens (primary N) is 1. The molecule has 0 bridgehead atoms. The van der Waals surface area contributed by atoms with Crippen LogP contribution in [0.5, 0.6) is 5.75 Å². The van der Waals surface area contributed by atoms with E-state index in [0.29, 0.717) is 11.4 Å². The van der Waals surface area contributed by atoms with Crippen molar-refractivity contribution in [2.45, 2.75) is 18.9 Å². The molecule has 2 heterocycles. The smallest absolute Gasteiger partial charge is 0.341 e. The summed E-state index contributed by atoms with van der Waals surface area (Å²) in [5.41, 5.74) is 6.94. The number of rotatable bonds is 6. The number of carboxylic acid groups (broad SMARTS) is 1. The van der Waals surface area contributed by atoms with Crippen LogP contribution in [0.4, 0.5) is 0 Å². The van der Waals surface area contributed by atoms with E-state index in [1.54, 1.807) is 24.3 Å². The molecule has 4 N–H and O–H groups in total. The van der Waals surface area contributed by atoms with Crippen LogP contribution >= 0.6 is 0 Å². The van der Waals surface area contributed by atoms with Crippen LogP contribution in [0.25, 0.3) is 11.3 Å². The number of primary amides is 1. The van der Waals surface area contributed by atoms with Crippen molar-refractivity contribution in [1.29, 1.82) is 0 Å². The molecular weight excluding hydrogens is 324 g/mol. The number of nitrogens with zero attached hydrogens (tertiary/aromatic N) is 2. The van der Waals surface area contributed by atoms with Gasteiger partial charge in [0.25, 0.3) is 5.91 Å². The van der Waals surface area contributed by atoms with Gasteiger partial charge in [-0.1, -0.05) is 0 Å². The van der Waals surface area contributed by atoms with E-state index in [-0.39, 0.29) is 11.9 Å². The van der Waals surface area contributed by atoms with Gasteiger partial charge in [0, 0.05) is 17.8 Å². The summed E-state index contributed by atoms with van der Waals surface area (Å²) in [6.45, 7) is 1.40. The summed E-state index contributed by atoms with van der Waals surface area (Å²) in [7, 11) is 0. The largest absolute Gasteiger partial charge is 0.482 e. The topological polar surface area (TPSA) is 119 Å². The number of amides is 1. The van der Waals surface area contributed by atoms with Crippen LogP contribution < -0.4 is 15.8 Å². The summed E-state index contributed by atoms with van der Waals surface area (Å²) < 4.78 is 6.98. The molecular formula is C17H20N4O4. The Morgan fingerprint density at radius 3 is 2.56 bits per heavy atom. The van der Waals surface area contributed by atoms with E-state index >= 15 is 0 Å². The fraction of sp³-hybridized carbons (Fsp3) is 0.353. The maximum Gasteiger partial charge on any atom is 0.341 e. The molecule has 0 saturated carbocycles. The molecule has 0 unspecified atom stereocenters. The third kappa shape index (κ3) is 3.97. The molecule has 25 heavy (non-hydrogen) atoms. The molecule has 1 saturated heterocycles. The lowest BCUT2D eigenvalue weighted by atomic mass is 10.1. The number of carbonyl (C=O) groups excluding carboxylic acids is 1. The van der Waals surface area contributed by atoms with E-state index < -0.39 is 18.5 Å². The molecule has 8 nitrogen and oxygen atoms in total. The Labute approximate surface area is 144 Å². The Morgan fingerprint density at radius 1 is 1.28 bits per heavy atom. The Balaban J connectivity index is 1.84. The third-order valence-electron chi connectivity index (χ3n) is 4.17. The fourth-order valence-electron chi connectivity index (χ4n) is 2.95. The van der Waals surface area contributed by atoms with Crippen LogP contribution in [0.3, 0.4) is 0 Å². The van der Waals surface area contributed by atoms with Crippen LogP contribution in [0.2, 0.25) is 0 Å². The van der Waals surface area contributed by atoms with Crippen molar-refractivity contribution in [2.24, 2.45) is 5.73 Å². The summed E-state index contributed by atoms with van der Waals surface area (Å²) >= 11 is 0. The van der Waals surface area contributed by atoms with E-state index in [0.717, 1.165) is 31.5 Å². The lowest BCUT2D eigenvalue weighted by Gasteiger charge is -2.24. The number of aliphatic carboxylic acids is 1. The summed E-state index contributed by atoms with van der Waals surface area (Å²) in [5, 5.41) is 11.9. The molecule has 8 heteroatoms. The van der Waals surface area contributed by atoms with Crippen molar-refractivity contribution in [2.75, 3.05) is 19.7 Å². The normalized spacial score (nSPS) is 15.0. The molecule has 1 aliphatic heterocycles. The zero-order valence-electron chi connectivity index (χ0n) is 13.6. The van der Waals surface area contributed by atoms with Crippen molar-refractivity contribution in [3.05, 3.63) is 36.3 Å². The van der Waals surface area contributed by atoms with Gasteiger partial charge < -0.3 is 25.5 Å². The molecule has 0 spiro atoms. The van der Waals surface area contributed by atoms with Crippen molar-refractivity contribution < 1.29 is 19.4 Å². The molecule has 0 aliphatic carbocycles. The van der Waals surface area contributed by atoms with Crippen LogP contribution in [0.1, 0.15) is 29.5 Å². The number of piperidine rings is 1. The second-order valence-corrected chi connectivity index (χ2v) is 5.91. The standard InChI is InChI=1S/C17H20N4O4/c18-16(24)17-20-14(9-21(17)12-5-7-19-8-6-12)11-1-3-13(4-2-11)25-10-15(22)23/h1-4,9,12,19H,5-8,10H2,(H2,18,24)(H,22,23). The summed E-state index contributed by atoms with van der Waals surface area (Å²) in [4.78, 5) is 26.7. The molecule has 1 amide bonds. The van der Waals surface area contributed by atoms with E-state index in [1.807, 2.05) is 10.8 Å². The number of carboxylic acids is 1. The monoisotopic (exact) mass is 344 g/mol. The van der Waals surface area contributed by atoms with Gasteiger partial charge in [0.05, 0.1) is 5.69 Å². The predicted octanol–water partition coefficient (Wildman–Crippen LogP) is 1.04. The zero-order chi connectivity index (χ0) is 17.8. The number of hydrogen-bond donors (Lipinski definition) is 3. The number of carbonyl (C=O) groups is 2. The molecule has 2 aromatic rings. The van der Waals surface area contributed by atoms with Gasteiger partial charge in [0.2, 0.25) is 0 Å². The number of aromatic nitrogens is 2. The first kappa shape index (κ1) is 17.0. The highest BCUT2D eigenvalue weighted by atomic mass is 16.5. The van der Waals surface area contributed by atoms with Crippen molar-refractivity contribution in [3.63, 3.8) is 0 Å². The highest BCUT2D eigenvalue weighted by Crippen LogP contribution is 2.26. The fourth-order valence-corrected chi connectivity index (χ4v) is 2.95. The Kier molecular flexibility index (Phi) is 4.99. The molecule has 0 atom stereocenters. The van der Waals surface area contributed by atoms with Crippen LogP contribution in [0, 0.1) is 0 Å². The van der Waals surface area contributed by atoms with Gasteiger partial charge in [-0.2, -0.15) is 0 Å². The second-order valence-electron chi connectivity index (χ2n) is 5.91. The average Bonchev–Trinajstić information content (AvgIpc) is 3.07. The minimum Gasteiger partial charge on any atom is -0.482 e. The van der Waals surface area contributed by atoms with Crippen molar-refractivity contribution >= 4 is 11.9 Å². The van der Waals surface area contributed by atoms with Gasteiger partial charge in [0.15, 0.2) is 12.4 Å². The van der Waals surface area contributed by atoms with E-state index in [9.17, 15) is 9.59 Å². The second kappa shape index (κ2) is 7.35. The minimum absolute atomic E-state index is 0.197. The number of imidazole rings is 1. The first-order valence-corrected chi connectivity index (χ1v) is 8.09. The summed E-state index contributed by atoms with van der Waals surface area (Å²) in [6, 6.07) is 7.09. The summed E-state index contributed by atoms with van der Waals surface area (Å²) in [6.07, 6.45) is 3.68. The highest BCUT2D eigenvalue weighted by molar-refractivity contribution is 5.90. The highest BCUT2D eigenvalue weighted by Gasteiger charge is 2.22. The van der Waals surface area contributed by atoms with E-state index in [2.05, 4.69) is 10.3 Å². The van der Waals surface area contributed by atoms with Crippen LogP contribution in [-0.2, 0) is 4.79 Å². The maximum atomic E-state index is 11.8. The lowest BCUT2D eigenvalue weighted by molar-refractivity contribution is -0.139. The number of nitrogens with one attached hydrogen (secondary N) is 1. The average molecular weight is 344 g/mol. The lowest BCUT2D eigenvalue weighted by Crippen LogP contribution is -2.31. The number of hydrogen-bond acceptors (Lipinski definition) is 5. The van der Waals surface area contributed by atoms with Gasteiger partial charge in [-0.25, -0.2) is 9.78 Å². The molecule has 132 valence electrons. The van der Waals surface area contributed by atoms with Gasteiger partial charge in [-0.05, 0) is 50.2 Å². The van der Waals surface area contributed by atoms with Crippen molar-refractivity contribution in [1.82, 2.24) is 14.9 Å². The Hall–Kier alpha value is -2.87. The number of ether oxygens (including phenoxy) is 1. The first-order chi connectivity index (χ1) is 12.0. The molecule has 1 aromatic heterocycles. The molecule has 3 rings (SSSR count). The number of benzene rings is 1. The Bertz CT molecular complexity index is 763. The minimum atomic E-state index is -1.03. The van der Waals surface area contributed by atoms with Crippen LogP contribution in [0.15, 0.2) is 30.5 Å². The van der Waals surface area contributed by atoms with Crippen LogP contribution in [-0.4, -0.2) is 46.2 Å². The summed E-state index contributed by atoms with van der Waals surface area (Å²) in [5.74, 6) is -0.866. The molecule has 1 aromatic carbocycles. The molecule has 1 fully saturated rings. The van der Waals surface area contributed by atoms with E-state index in [4.69, 9.17) is 15.6 Å². The van der Waals surface area contributed by atoms with Gasteiger partial charge in [-0.3, -0.25) is 4.79 Å². The van der Waals surface area contributed by atoms with Gasteiger partial charge in [-0.15, -0.1) is 0 Å². The predicted molar refractivity (Wildman–Crippen MR) is 90.5 cm³/mol. The third-order valence-corrected chi connectivity index (χ3v) is 4.17. The zero-order valence-corrected chi connectivity index (χ0v) is 13.6. The van der Waals surface area contributed by atoms with Gasteiger partial charge >= 0.3 is 5.97 Å². The quantitative estimate of drug-likeness (QED) is 0.720. The van der Waals surface area contributed by atoms with E-state index in [1.165, 1.54) is 0 Å². The SMILES string of the molecule is NC(=O)c1nc(-c2ccc(OCC(=O)O)cc2)cn1C1CCNCC1. The Morgan fingerprint density at radius 2 is 1.96 bits per heavy atom. The first-order valence-electron chi connectivity index (χ1n) is 8.09. The molecule has 1 aliphatic rings. The maximum absolute atomic E-state index is 11.8. The van der Waals surface area contributed by atoms with Gasteiger partial charge in [0.1, 0.15) is 5.75 Å². The van der Waals surface area contributed by atoms with Crippen molar-refractivity contribution in [3.8, 4) is 17.0 Å².